The fraction of sp³-hybridized carbons (Fsp3) is 0.250. The Morgan fingerprint density at radius 1 is 1.20 bits per heavy atom. The van der Waals surface area contributed by atoms with Gasteiger partial charge in [-0.05, 0) is 34.7 Å². The van der Waals surface area contributed by atoms with E-state index in [1.54, 1.807) is 0 Å². The van der Waals surface area contributed by atoms with Crippen LogP contribution in [0.5, 0.6) is 0 Å². The van der Waals surface area contributed by atoms with Crippen molar-refractivity contribution in [3.8, 4) is 0 Å². The molecule has 5 nitrogen and oxygen atoms in total. The van der Waals surface area contributed by atoms with Crippen molar-refractivity contribution in [2.75, 3.05) is 13.2 Å². The van der Waals surface area contributed by atoms with Gasteiger partial charge in [-0.3, -0.25) is 4.79 Å². The van der Waals surface area contributed by atoms with E-state index >= 15 is 0 Å². The van der Waals surface area contributed by atoms with Crippen molar-refractivity contribution >= 4 is 16.8 Å². The molecule has 2 N–H and O–H groups in total. The lowest BCUT2D eigenvalue weighted by molar-refractivity contribution is -0.126. The number of fused-ring (bicyclic) bond motifs is 1. The van der Waals surface area contributed by atoms with Crippen LogP contribution in [0.25, 0.3) is 10.9 Å². The number of benzene rings is 2. The van der Waals surface area contributed by atoms with Crippen LogP contribution >= 0.6 is 0 Å². The zero-order chi connectivity index (χ0) is 17.6. The highest BCUT2D eigenvalue weighted by Crippen LogP contribution is 2.20. The van der Waals surface area contributed by atoms with Gasteiger partial charge in [0.25, 0.3) is 0 Å². The lowest BCUT2D eigenvalue weighted by Gasteiger charge is -2.13. The highest BCUT2D eigenvalue weighted by molar-refractivity contribution is 5.81. The Bertz CT molecular complexity index is 843. The molecule has 0 aliphatic heterocycles. The standard InChI is InChI=1S/C20H22N2O3/c1-22-10-9-16-11-17(7-8-18(16)22)19(23)12-21-20(24)14-25-13-15-5-3-2-4-6-15/h2-11,19,23H,12-14H2,1H3,(H,21,24). The van der Waals surface area contributed by atoms with Crippen LogP contribution in [0.4, 0.5) is 0 Å². The molecule has 0 spiro atoms. The first-order valence-corrected chi connectivity index (χ1v) is 8.25. The summed E-state index contributed by atoms with van der Waals surface area (Å²) in [6.45, 7) is 0.521. The molecule has 0 bridgehead atoms. The molecule has 0 aliphatic rings. The van der Waals surface area contributed by atoms with Crippen molar-refractivity contribution < 1.29 is 14.6 Å². The van der Waals surface area contributed by atoms with Crippen molar-refractivity contribution in [1.29, 1.82) is 0 Å². The van der Waals surface area contributed by atoms with Crippen molar-refractivity contribution in [1.82, 2.24) is 9.88 Å². The summed E-state index contributed by atoms with van der Waals surface area (Å²) in [4.78, 5) is 11.8. The summed E-state index contributed by atoms with van der Waals surface area (Å²) in [7, 11) is 1.98. The summed E-state index contributed by atoms with van der Waals surface area (Å²) < 4.78 is 7.41. The molecule has 2 aromatic carbocycles. The van der Waals surface area contributed by atoms with E-state index in [-0.39, 0.29) is 19.1 Å². The minimum absolute atomic E-state index is 0.0284. The number of nitrogens with one attached hydrogen (secondary N) is 1. The quantitative estimate of drug-likeness (QED) is 0.696. The first kappa shape index (κ1) is 17.2. The van der Waals surface area contributed by atoms with Gasteiger partial charge in [-0.25, -0.2) is 0 Å². The third kappa shape index (κ3) is 4.47. The molecule has 0 radical (unpaired) electrons. The topological polar surface area (TPSA) is 63.5 Å². The molecule has 1 unspecified atom stereocenters. The predicted octanol–water partition coefficient (Wildman–Crippen LogP) is 2.54. The first-order valence-electron chi connectivity index (χ1n) is 8.25. The summed E-state index contributed by atoms with van der Waals surface area (Å²) in [5.74, 6) is -0.240. The van der Waals surface area contributed by atoms with Gasteiger partial charge in [-0.2, -0.15) is 0 Å². The van der Waals surface area contributed by atoms with Crippen molar-refractivity contribution in [3.63, 3.8) is 0 Å². The average molecular weight is 338 g/mol. The molecule has 1 aromatic heterocycles. The summed E-state index contributed by atoms with van der Waals surface area (Å²) in [5.41, 5.74) is 2.91. The average Bonchev–Trinajstić information content (AvgIpc) is 3.01. The van der Waals surface area contributed by atoms with Gasteiger partial charge in [-0.15, -0.1) is 0 Å². The second kappa shape index (κ2) is 7.96. The Labute approximate surface area is 146 Å². The summed E-state index contributed by atoms with van der Waals surface area (Å²) in [6.07, 6.45) is 1.23. The lowest BCUT2D eigenvalue weighted by Crippen LogP contribution is -2.31. The Morgan fingerprint density at radius 3 is 2.80 bits per heavy atom. The molecule has 1 atom stereocenters. The fourth-order valence-corrected chi connectivity index (χ4v) is 2.72. The number of carbonyl (C=O) groups excluding carboxylic acids is 1. The zero-order valence-electron chi connectivity index (χ0n) is 14.2. The van der Waals surface area contributed by atoms with Crippen LogP contribution in [0.1, 0.15) is 17.2 Å². The summed E-state index contributed by atoms with van der Waals surface area (Å²) >= 11 is 0. The van der Waals surface area contributed by atoms with Crippen LogP contribution < -0.4 is 5.32 Å². The maximum absolute atomic E-state index is 11.8. The zero-order valence-corrected chi connectivity index (χ0v) is 14.2. The number of amides is 1. The Hall–Kier alpha value is -2.63. The summed E-state index contributed by atoms with van der Waals surface area (Å²) in [6, 6.07) is 17.5. The number of nitrogens with zero attached hydrogens (tertiary/aromatic N) is 1. The van der Waals surface area contributed by atoms with E-state index in [4.69, 9.17) is 4.74 Å². The van der Waals surface area contributed by atoms with Gasteiger partial charge in [-0.1, -0.05) is 36.4 Å². The van der Waals surface area contributed by atoms with Crippen LogP contribution in [0.2, 0.25) is 0 Å². The van der Waals surface area contributed by atoms with Crippen molar-refractivity contribution in [2.24, 2.45) is 7.05 Å². The Morgan fingerprint density at radius 2 is 2.00 bits per heavy atom. The second-order valence-corrected chi connectivity index (χ2v) is 6.04. The molecule has 25 heavy (non-hydrogen) atoms. The molecule has 0 aliphatic carbocycles. The van der Waals surface area contributed by atoms with Crippen LogP contribution in [0, 0.1) is 0 Å². The molecule has 5 heteroatoms. The van der Waals surface area contributed by atoms with E-state index < -0.39 is 6.10 Å². The van der Waals surface area contributed by atoms with Crippen molar-refractivity contribution in [2.45, 2.75) is 12.7 Å². The number of aromatic nitrogens is 1. The Kier molecular flexibility index (Phi) is 5.48. The van der Waals surface area contributed by atoms with Gasteiger partial charge in [0.1, 0.15) is 6.61 Å². The molecular formula is C20H22N2O3. The maximum Gasteiger partial charge on any atom is 0.246 e. The molecule has 3 aromatic rings. The van der Waals surface area contributed by atoms with E-state index in [1.807, 2.05) is 72.4 Å². The monoisotopic (exact) mass is 338 g/mol. The molecular weight excluding hydrogens is 316 g/mol. The molecule has 1 amide bonds. The normalized spacial score (nSPS) is 12.2. The number of aryl methyl sites for hydroxylation is 1. The highest BCUT2D eigenvalue weighted by Gasteiger charge is 2.11. The fourth-order valence-electron chi connectivity index (χ4n) is 2.72. The van der Waals surface area contributed by atoms with E-state index in [1.165, 1.54) is 0 Å². The SMILES string of the molecule is Cn1ccc2cc(C(O)CNC(=O)COCc3ccccc3)ccc21. The van der Waals surface area contributed by atoms with Crippen LogP contribution in [-0.2, 0) is 23.2 Å². The number of aliphatic hydroxyl groups is 1. The van der Waals surface area contributed by atoms with Gasteiger partial charge < -0.3 is 19.7 Å². The minimum atomic E-state index is -0.748. The first-order chi connectivity index (χ1) is 12.1. The van der Waals surface area contributed by atoms with Gasteiger partial charge in [0.15, 0.2) is 0 Å². The Balaban J connectivity index is 1.45. The number of carbonyl (C=O) groups is 1. The van der Waals surface area contributed by atoms with Crippen LogP contribution in [0.15, 0.2) is 60.8 Å². The van der Waals surface area contributed by atoms with E-state index in [0.717, 1.165) is 22.0 Å². The number of aliphatic hydroxyl groups excluding tert-OH is 1. The molecule has 0 fully saturated rings. The van der Waals surface area contributed by atoms with Gasteiger partial charge in [0.05, 0.1) is 12.7 Å². The molecule has 0 saturated carbocycles. The van der Waals surface area contributed by atoms with Crippen LogP contribution in [-0.4, -0.2) is 28.7 Å². The number of rotatable bonds is 7. The van der Waals surface area contributed by atoms with E-state index in [2.05, 4.69) is 5.32 Å². The minimum Gasteiger partial charge on any atom is -0.387 e. The van der Waals surface area contributed by atoms with Gasteiger partial charge in [0.2, 0.25) is 5.91 Å². The molecule has 1 heterocycles. The maximum atomic E-state index is 11.8. The number of hydrogen-bond acceptors (Lipinski definition) is 3. The highest BCUT2D eigenvalue weighted by atomic mass is 16.5. The second-order valence-electron chi connectivity index (χ2n) is 6.04. The van der Waals surface area contributed by atoms with Crippen LogP contribution in [0.3, 0.4) is 0 Å². The molecule has 3 rings (SSSR count). The van der Waals surface area contributed by atoms with E-state index in [9.17, 15) is 9.90 Å². The lowest BCUT2D eigenvalue weighted by atomic mass is 10.1. The van der Waals surface area contributed by atoms with Gasteiger partial charge >= 0.3 is 0 Å². The van der Waals surface area contributed by atoms with Crippen molar-refractivity contribution in [3.05, 3.63) is 71.9 Å². The number of ether oxygens (including phenoxy) is 1. The van der Waals surface area contributed by atoms with E-state index in [0.29, 0.717) is 6.61 Å². The smallest absolute Gasteiger partial charge is 0.246 e. The third-order valence-electron chi connectivity index (χ3n) is 4.13. The molecule has 0 saturated heterocycles. The largest absolute Gasteiger partial charge is 0.387 e. The van der Waals surface area contributed by atoms with Gasteiger partial charge in [0, 0.05) is 25.3 Å². The summed E-state index contributed by atoms with van der Waals surface area (Å²) in [5, 5.41) is 14.0. The predicted molar refractivity (Wildman–Crippen MR) is 97.0 cm³/mol. The number of hydrogen-bond donors (Lipinski definition) is 2. The molecule has 130 valence electrons. The third-order valence-corrected chi connectivity index (χ3v) is 4.13.